The number of amides is 1. The summed E-state index contributed by atoms with van der Waals surface area (Å²) in [6.07, 6.45) is 12.9. The van der Waals surface area contributed by atoms with Gasteiger partial charge in [-0.1, -0.05) is 57.7 Å². The number of aryl methyl sites for hydroxylation is 1. The minimum atomic E-state index is 0.0554. The first-order valence-corrected chi connectivity index (χ1v) is 13.6. The van der Waals surface area contributed by atoms with Crippen LogP contribution in [0.3, 0.4) is 0 Å². The van der Waals surface area contributed by atoms with Crippen molar-refractivity contribution in [2.45, 2.75) is 104 Å². The normalized spacial score (nSPS) is 18.1. The van der Waals surface area contributed by atoms with E-state index in [1.807, 2.05) is 0 Å². The number of rotatable bonds is 11. The molecule has 0 bridgehead atoms. The zero-order valence-electron chi connectivity index (χ0n) is 22.2. The standard InChI is InChI=1S/C30H47N3O/c1-6-7-8-9-12-19-31-26-15-16-28(24(3)22-26)30(5)17-20-33(21-18-30)25(4)32-29(34)27-14-11-10-13-23(27)2/h15-16,22,31H,4,6-14,17-21H2,1-3,5H3,(H,32,34). The Hall–Kier alpha value is -2.23. The first-order chi connectivity index (χ1) is 16.3. The number of carbonyl (C=O) groups excluding carboxylic acids is 1. The molecule has 1 aliphatic heterocycles. The van der Waals surface area contributed by atoms with E-state index in [-0.39, 0.29) is 11.3 Å². The van der Waals surface area contributed by atoms with E-state index in [1.165, 1.54) is 60.9 Å². The fraction of sp³-hybridized carbons (Fsp3) is 0.633. The van der Waals surface area contributed by atoms with E-state index in [9.17, 15) is 4.79 Å². The lowest BCUT2D eigenvalue weighted by molar-refractivity contribution is -0.117. The van der Waals surface area contributed by atoms with Gasteiger partial charge in [0.05, 0.1) is 0 Å². The highest BCUT2D eigenvalue weighted by Crippen LogP contribution is 2.38. The zero-order valence-corrected chi connectivity index (χ0v) is 22.2. The molecule has 34 heavy (non-hydrogen) atoms. The van der Waals surface area contributed by atoms with Gasteiger partial charge in [0.1, 0.15) is 5.82 Å². The lowest BCUT2D eigenvalue weighted by atomic mass is 9.73. The summed E-state index contributed by atoms with van der Waals surface area (Å²) < 4.78 is 0. The maximum absolute atomic E-state index is 12.8. The minimum Gasteiger partial charge on any atom is -0.385 e. The highest BCUT2D eigenvalue weighted by Gasteiger charge is 2.33. The third-order valence-electron chi connectivity index (χ3n) is 8.01. The molecular formula is C30H47N3O. The van der Waals surface area contributed by atoms with Gasteiger partial charge in [0.2, 0.25) is 0 Å². The van der Waals surface area contributed by atoms with Crippen molar-refractivity contribution in [3.8, 4) is 0 Å². The number of hydrogen-bond acceptors (Lipinski definition) is 3. The molecule has 0 spiro atoms. The van der Waals surface area contributed by atoms with E-state index in [0.717, 1.165) is 63.1 Å². The van der Waals surface area contributed by atoms with Crippen LogP contribution in [0.4, 0.5) is 5.69 Å². The second kappa shape index (κ2) is 12.5. The van der Waals surface area contributed by atoms with E-state index >= 15 is 0 Å². The predicted molar refractivity (Wildman–Crippen MR) is 145 cm³/mol. The topological polar surface area (TPSA) is 44.4 Å². The Morgan fingerprint density at radius 2 is 1.76 bits per heavy atom. The summed E-state index contributed by atoms with van der Waals surface area (Å²) >= 11 is 0. The first kappa shape index (κ1) is 26.4. The van der Waals surface area contributed by atoms with Gasteiger partial charge in [-0.3, -0.25) is 4.79 Å². The maximum Gasteiger partial charge on any atom is 0.252 e. The Kier molecular flexibility index (Phi) is 9.67. The lowest BCUT2D eigenvalue weighted by Gasteiger charge is -2.42. The van der Waals surface area contributed by atoms with Gasteiger partial charge >= 0.3 is 0 Å². The number of piperidine rings is 1. The number of likely N-dealkylation sites (tertiary alicyclic amines) is 1. The summed E-state index contributed by atoms with van der Waals surface area (Å²) in [6.45, 7) is 16.1. The summed E-state index contributed by atoms with van der Waals surface area (Å²) in [5.41, 5.74) is 6.44. The summed E-state index contributed by atoms with van der Waals surface area (Å²) in [5.74, 6) is 0.813. The smallest absolute Gasteiger partial charge is 0.252 e. The number of carbonyl (C=O) groups is 1. The molecule has 4 heteroatoms. The molecule has 1 heterocycles. The predicted octanol–water partition coefficient (Wildman–Crippen LogP) is 7.21. The van der Waals surface area contributed by atoms with Crippen LogP contribution >= 0.6 is 0 Å². The maximum atomic E-state index is 12.8. The first-order valence-electron chi connectivity index (χ1n) is 13.6. The molecular weight excluding hydrogens is 418 g/mol. The average molecular weight is 466 g/mol. The second-order valence-electron chi connectivity index (χ2n) is 10.8. The number of nitrogens with one attached hydrogen (secondary N) is 2. The molecule has 188 valence electrons. The summed E-state index contributed by atoms with van der Waals surface area (Å²) in [4.78, 5) is 15.0. The largest absolute Gasteiger partial charge is 0.385 e. The Bertz CT molecular complexity index is 877. The molecule has 1 amide bonds. The number of hydrogen-bond donors (Lipinski definition) is 2. The Balaban J connectivity index is 1.51. The van der Waals surface area contributed by atoms with Gasteiger partial charge < -0.3 is 15.5 Å². The molecule has 1 fully saturated rings. The molecule has 0 unspecified atom stereocenters. The molecule has 2 N–H and O–H groups in total. The summed E-state index contributed by atoms with van der Waals surface area (Å²) in [6, 6.07) is 6.91. The summed E-state index contributed by atoms with van der Waals surface area (Å²) in [7, 11) is 0. The minimum absolute atomic E-state index is 0.0554. The quantitative estimate of drug-likeness (QED) is 0.339. The highest BCUT2D eigenvalue weighted by molar-refractivity contribution is 5.95. The van der Waals surface area contributed by atoms with Crippen LogP contribution in [0.1, 0.15) is 103 Å². The van der Waals surface area contributed by atoms with Crippen LogP contribution in [0.15, 0.2) is 41.7 Å². The molecule has 1 saturated heterocycles. The molecule has 0 saturated carbocycles. The fourth-order valence-electron chi connectivity index (χ4n) is 5.60. The van der Waals surface area contributed by atoms with Crippen LogP contribution in [0.5, 0.6) is 0 Å². The molecule has 4 nitrogen and oxygen atoms in total. The van der Waals surface area contributed by atoms with Crippen molar-refractivity contribution in [1.29, 1.82) is 0 Å². The molecule has 1 aliphatic carbocycles. The van der Waals surface area contributed by atoms with Gasteiger partial charge in [0, 0.05) is 30.9 Å². The van der Waals surface area contributed by atoms with Gasteiger partial charge in [-0.2, -0.15) is 0 Å². The zero-order chi connectivity index (χ0) is 24.6. The molecule has 1 aromatic carbocycles. The van der Waals surface area contributed by atoms with Gasteiger partial charge in [-0.25, -0.2) is 0 Å². The molecule has 0 atom stereocenters. The van der Waals surface area contributed by atoms with Crippen molar-refractivity contribution in [3.63, 3.8) is 0 Å². The van der Waals surface area contributed by atoms with Crippen molar-refractivity contribution in [3.05, 3.63) is 52.9 Å². The van der Waals surface area contributed by atoms with Crippen molar-refractivity contribution in [2.75, 3.05) is 25.0 Å². The highest BCUT2D eigenvalue weighted by atomic mass is 16.1. The van der Waals surface area contributed by atoms with Crippen LogP contribution in [-0.4, -0.2) is 30.4 Å². The Morgan fingerprint density at radius 1 is 1.06 bits per heavy atom. The van der Waals surface area contributed by atoms with Crippen LogP contribution in [0.25, 0.3) is 0 Å². The van der Waals surface area contributed by atoms with E-state index < -0.39 is 0 Å². The summed E-state index contributed by atoms with van der Waals surface area (Å²) in [5, 5.41) is 6.71. The third kappa shape index (κ3) is 6.90. The fourth-order valence-corrected chi connectivity index (χ4v) is 5.60. The second-order valence-corrected chi connectivity index (χ2v) is 10.8. The Labute approximate surface area is 208 Å². The van der Waals surface area contributed by atoms with Gasteiger partial charge in [0.15, 0.2) is 0 Å². The molecule has 0 radical (unpaired) electrons. The number of allylic oxidation sites excluding steroid dienone is 1. The SMILES string of the molecule is C=C(NC(=O)C1=C(C)CCCC1)N1CCC(C)(c2ccc(NCCCCCCC)cc2C)CC1. The number of benzene rings is 1. The van der Waals surface area contributed by atoms with Gasteiger partial charge in [-0.15, -0.1) is 0 Å². The Morgan fingerprint density at radius 3 is 2.44 bits per heavy atom. The average Bonchev–Trinajstić information content (AvgIpc) is 2.82. The van der Waals surface area contributed by atoms with Crippen molar-refractivity contribution < 1.29 is 4.79 Å². The molecule has 1 aromatic rings. The number of unbranched alkanes of at least 4 members (excludes halogenated alkanes) is 4. The van der Waals surface area contributed by atoms with Crippen LogP contribution in [0, 0.1) is 6.92 Å². The van der Waals surface area contributed by atoms with Crippen molar-refractivity contribution in [1.82, 2.24) is 10.2 Å². The number of anilines is 1. The lowest BCUT2D eigenvalue weighted by Crippen LogP contribution is -2.44. The molecule has 0 aromatic heterocycles. The van der Waals surface area contributed by atoms with Gasteiger partial charge in [0.25, 0.3) is 5.91 Å². The van der Waals surface area contributed by atoms with E-state index in [4.69, 9.17) is 0 Å². The van der Waals surface area contributed by atoms with Crippen LogP contribution in [-0.2, 0) is 10.2 Å². The van der Waals surface area contributed by atoms with E-state index in [1.54, 1.807) is 0 Å². The third-order valence-corrected chi connectivity index (χ3v) is 8.01. The van der Waals surface area contributed by atoms with Crippen molar-refractivity contribution >= 4 is 11.6 Å². The molecule has 3 rings (SSSR count). The van der Waals surface area contributed by atoms with E-state index in [2.05, 4.69) is 68.0 Å². The monoisotopic (exact) mass is 465 g/mol. The molecule has 2 aliphatic rings. The van der Waals surface area contributed by atoms with E-state index in [0.29, 0.717) is 0 Å². The number of nitrogens with zero attached hydrogens (tertiary/aromatic N) is 1. The van der Waals surface area contributed by atoms with Gasteiger partial charge in [-0.05, 0) is 87.5 Å². The van der Waals surface area contributed by atoms with Crippen molar-refractivity contribution in [2.24, 2.45) is 0 Å². The van der Waals surface area contributed by atoms with Crippen LogP contribution in [0.2, 0.25) is 0 Å². The van der Waals surface area contributed by atoms with Crippen LogP contribution < -0.4 is 10.6 Å².